The van der Waals surface area contributed by atoms with E-state index in [9.17, 15) is 0 Å². The molecule has 0 fully saturated rings. The molecule has 132 valence electrons. The summed E-state index contributed by atoms with van der Waals surface area (Å²) in [5.41, 5.74) is 7.93. The van der Waals surface area contributed by atoms with Gasteiger partial charge in [-0.1, -0.05) is 65.7 Å². The van der Waals surface area contributed by atoms with Crippen molar-refractivity contribution in [3.63, 3.8) is 0 Å². The highest BCUT2D eigenvalue weighted by Crippen LogP contribution is 2.32. The second-order valence-electron chi connectivity index (χ2n) is 7.19. The Hall–Kier alpha value is -2.58. The Morgan fingerprint density at radius 3 is 2.46 bits per heavy atom. The highest BCUT2D eigenvalue weighted by molar-refractivity contribution is 5.45. The number of fused-ring (bicyclic) bond motifs is 1. The van der Waals surface area contributed by atoms with Gasteiger partial charge in [-0.25, -0.2) is 0 Å². The first-order chi connectivity index (χ1) is 12.7. The lowest BCUT2D eigenvalue weighted by Crippen LogP contribution is -2.30. The SMILES string of the molecule is Cc1cc(C)cc(C2NCCc3cc(OCc4ccccc4)ccc32)c1. The normalized spacial score (nSPS) is 16.2. The van der Waals surface area contributed by atoms with E-state index in [0.29, 0.717) is 6.61 Å². The van der Waals surface area contributed by atoms with Gasteiger partial charge in [0.1, 0.15) is 12.4 Å². The molecule has 1 atom stereocenters. The molecule has 0 amide bonds. The van der Waals surface area contributed by atoms with Crippen molar-refractivity contribution in [2.45, 2.75) is 32.9 Å². The average Bonchev–Trinajstić information content (AvgIpc) is 2.66. The molecule has 1 aliphatic heterocycles. The second-order valence-corrected chi connectivity index (χ2v) is 7.19. The van der Waals surface area contributed by atoms with E-state index < -0.39 is 0 Å². The maximum Gasteiger partial charge on any atom is 0.120 e. The van der Waals surface area contributed by atoms with Crippen LogP contribution >= 0.6 is 0 Å². The van der Waals surface area contributed by atoms with E-state index >= 15 is 0 Å². The van der Waals surface area contributed by atoms with Crippen LogP contribution < -0.4 is 10.1 Å². The Kier molecular flexibility index (Phi) is 4.77. The summed E-state index contributed by atoms with van der Waals surface area (Å²) >= 11 is 0. The molecule has 0 saturated heterocycles. The fraction of sp³-hybridized carbons (Fsp3) is 0.250. The van der Waals surface area contributed by atoms with Crippen LogP contribution in [-0.4, -0.2) is 6.54 Å². The van der Waals surface area contributed by atoms with E-state index in [-0.39, 0.29) is 6.04 Å². The van der Waals surface area contributed by atoms with Gasteiger partial charge in [-0.2, -0.15) is 0 Å². The third-order valence-corrected chi connectivity index (χ3v) is 4.99. The van der Waals surface area contributed by atoms with Gasteiger partial charge >= 0.3 is 0 Å². The zero-order valence-corrected chi connectivity index (χ0v) is 15.5. The van der Waals surface area contributed by atoms with Crippen LogP contribution in [0.1, 0.15) is 39.4 Å². The fourth-order valence-corrected chi connectivity index (χ4v) is 3.85. The Bertz CT molecular complexity index is 881. The molecule has 1 heterocycles. The summed E-state index contributed by atoms with van der Waals surface area (Å²) in [5.74, 6) is 0.952. The van der Waals surface area contributed by atoms with Gasteiger partial charge in [0.15, 0.2) is 0 Å². The number of hydrogen-bond donors (Lipinski definition) is 1. The molecule has 2 nitrogen and oxygen atoms in total. The quantitative estimate of drug-likeness (QED) is 0.710. The smallest absolute Gasteiger partial charge is 0.120 e. The molecule has 1 N–H and O–H groups in total. The zero-order valence-electron chi connectivity index (χ0n) is 15.5. The highest BCUT2D eigenvalue weighted by Gasteiger charge is 2.22. The van der Waals surface area contributed by atoms with Crippen molar-refractivity contribution in [1.82, 2.24) is 5.32 Å². The minimum absolute atomic E-state index is 0.264. The fourth-order valence-electron chi connectivity index (χ4n) is 3.85. The monoisotopic (exact) mass is 343 g/mol. The second kappa shape index (κ2) is 7.35. The van der Waals surface area contributed by atoms with Crippen molar-refractivity contribution in [2.24, 2.45) is 0 Å². The van der Waals surface area contributed by atoms with E-state index in [1.54, 1.807) is 0 Å². The average molecular weight is 343 g/mol. The number of benzene rings is 3. The van der Waals surface area contributed by atoms with Gasteiger partial charge < -0.3 is 10.1 Å². The number of ether oxygens (including phenoxy) is 1. The van der Waals surface area contributed by atoms with Crippen molar-refractivity contribution in [3.8, 4) is 5.75 Å². The Morgan fingerprint density at radius 2 is 1.69 bits per heavy atom. The number of nitrogens with one attached hydrogen (secondary N) is 1. The summed E-state index contributed by atoms with van der Waals surface area (Å²) in [6, 6.07) is 23.9. The third-order valence-electron chi connectivity index (χ3n) is 4.99. The molecule has 0 saturated carbocycles. The molecular weight excluding hydrogens is 318 g/mol. The first-order valence-corrected chi connectivity index (χ1v) is 9.30. The van der Waals surface area contributed by atoms with Gasteiger partial charge in [0, 0.05) is 6.54 Å². The van der Waals surface area contributed by atoms with Crippen LogP contribution in [0.4, 0.5) is 0 Å². The van der Waals surface area contributed by atoms with Crippen molar-refractivity contribution >= 4 is 0 Å². The van der Waals surface area contributed by atoms with E-state index in [4.69, 9.17) is 4.74 Å². The molecule has 1 unspecified atom stereocenters. The summed E-state index contributed by atoms with van der Waals surface area (Å²) in [7, 11) is 0. The molecule has 1 aliphatic rings. The molecule has 0 aromatic heterocycles. The maximum absolute atomic E-state index is 6.02. The Labute approximate surface area is 155 Å². The van der Waals surface area contributed by atoms with E-state index in [1.807, 2.05) is 18.2 Å². The predicted molar refractivity (Wildman–Crippen MR) is 107 cm³/mol. The Balaban J connectivity index is 1.57. The zero-order chi connectivity index (χ0) is 17.9. The molecule has 0 spiro atoms. The predicted octanol–water partition coefficient (Wildman–Crippen LogP) is 5.12. The molecular formula is C24H25NO. The van der Waals surface area contributed by atoms with Gasteiger partial charge in [-0.05, 0) is 54.7 Å². The minimum Gasteiger partial charge on any atom is -0.489 e. The van der Waals surface area contributed by atoms with Gasteiger partial charge in [0.05, 0.1) is 6.04 Å². The molecule has 0 aliphatic carbocycles. The number of hydrogen-bond acceptors (Lipinski definition) is 2. The largest absolute Gasteiger partial charge is 0.489 e. The van der Waals surface area contributed by atoms with Crippen LogP contribution in [-0.2, 0) is 13.0 Å². The summed E-state index contributed by atoms with van der Waals surface area (Å²) in [6.07, 6.45) is 1.04. The minimum atomic E-state index is 0.264. The third kappa shape index (κ3) is 3.66. The molecule has 26 heavy (non-hydrogen) atoms. The lowest BCUT2D eigenvalue weighted by molar-refractivity contribution is 0.305. The molecule has 2 heteroatoms. The first-order valence-electron chi connectivity index (χ1n) is 9.30. The summed E-state index contributed by atoms with van der Waals surface area (Å²) in [6.45, 7) is 5.94. The molecule has 3 aromatic rings. The van der Waals surface area contributed by atoms with Gasteiger partial charge in [-0.15, -0.1) is 0 Å². The van der Waals surface area contributed by atoms with Crippen molar-refractivity contribution in [3.05, 3.63) is 100 Å². The summed E-state index contributed by atoms with van der Waals surface area (Å²) < 4.78 is 6.02. The first kappa shape index (κ1) is 16.9. The van der Waals surface area contributed by atoms with E-state index in [1.165, 1.54) is 33.4 Å². The summed E-state index contributed by atoms with van der Waals surface area (Å²) in [4.78, 5) is 0. The lowest BCUT2D eigenvalue weighted by atomic mass is 9.88. The molecule has 0 radical (unpaired) electrons. The molecule has 3 aromatic carbocycles. The van der Waals surface area contributed by atoms with Crippen LogP contribution in [0.15, 0.2) is 66.7 Å². The van der Waals surface area contributed by atoms with Crippen LogP contribution in [0.3, 0.4) is 0 Å². The standard InChI is InChI=1S/C24H25NO/c1-17-12-18(2)14-21(13-17)24-23-9-8-22(15-20(23)10-11-25-24)26-16-19-6-4-3-5-7-19/h3-9,12-15,24-25H,10-11,16H2,1-2H3. The van der Waals surface area contributed by atoms with Crippen molar-refractivity contribution in [1.29, 1.82) is 0 Å². The van der Waals surface area contributed by atoms with Crippen molar-refractivity contribution in [2.75, 3.05) is 6.54 Å². The number of rotatable bonds is 4. The van der Waals surface area contributed by atoms with Crippen LogP contribution in [0.2, 0.25) is 0 Å². The van der Waals surface area contributed by atoms with Crippen molar-refractivity contribution < 1.29 is 4.74 Å². The van der Waals surface area contributed by atoms with Crippen LogP contribution in [0.5, 0.6) is 5.75 Å². The molecule has 0 bridgehead atoms. The topological polar surface area (TPSA) is 21.3 Å². The highest BCUT2D eigenvalue weighted by atomic mass is 16.5. The van der Waals surface area contributed by atoms with Gasteiger partial charge in [-0.3, -0.25) is 0 Å². The number of aryl methyl sites for hydroxylation is 2. The van der Waals surface area contributed by atoms with E-state index in [0.717, 1.165) is 18.7 Å². The van der Waals surface area contributed by atoms with Crippen LogP contribution in [0.25, 0.3) is 0 Å². The summed E-state index contributed by atoms with van der Waals surface area (Å²) in [5, 5.41) is 3.68. The maximum atomic E-state index is 6.02. The molecule has 4 rings (SSSR count). The Morgan fingerprint density at radius 1 is 0.923 bits per heavy atom. The van der Waals surface area contributed by atoms with Gasteiger partial charge in [0.25, 0.3) is 0 Å². The van der Waals surface area contributed by atoms with Crippen LogP contribution in [0, 0.1) is 13.8 Å². The lowest BCUT2D eigenvalue weighted by Gasteiger charge is -2.28. The van der Waals surface area contributed by atoms with E-state index in [2.05, 4.69) is 67.7 Å². The van der Waals surface area contributed by atoms with Gasteiger partial charge in [0.2, 0.25) is 0 Å².